The van der Waals surface area contributed by atoms with Crippen molar-refractivity contribution in [3.63, 3.8) is 0 Å². The Morgan fingerprint density at radius 1 is 1.24 bits per heavy atom. The number of imidazole rings is 1. The van der Waals surface area contributed by atoms with Gasteiger partial charge in [-0.15, -0.1) is 0 Å². The second-order valence-corrected chi connectivity index (χ2v) is 9.12. The van der Waals surface area contributed by atoms with Gasteiger partial charge in [0, 0.05) is 25.7 Å². The lowest BCUT2D eigenvalue weighted by Gasteiger charge is -2.35. The number of hydrogen-bond acceptors (Lipinski definition) is 9. The van der Waals surface area contributed by atoms with E-state index in [2.05, 4.69) is 42.6 Å². The zero-order valence-corrected chi connectivity index (χ0v) is 20.5. The Hall–Kier alpha value is -4.14. The van der Waals surface area contributed by atoms with Crippen LogP contribution in [0.5, 0.6) is 0 Å². The van der Waals surface area contributed by atoms with Crippen molar-refractivity contribution >= 4 is 34.7 Å². The summed E-state index contributed by atoms with van der Waals surface area (Å²) in [4.78, 5) is 39.5. The van der Waals surface area contributed by atoms with Gasteiger partial charge in [0.15, 0.2) is 17.0 Å². The number of carbonyl (C=O) groups is 2. The molecule has 0 bridgehead atoms. The summed E-state index contributed by atoms with van der Waals surface area (Å²) >= 11 is 0. The second-order valence-electron chi connectivity index (χ2n) is 9.12. The van der Waals surface area contributed by atoms with Crippen LogP contribution < -0.4 is 20.9 Å². The first-order valence-corrected chi connectivity index (χ1v) is 12.2. The highest BCUT2D eigenvalue weighted by Crippen LogP contribution is 2.27. The molecule has 0 atom stereocenters. The maximum absolute atomic E-state index is 13.1. The van der Waals surface area contributed by atoms with E-state index >= 15 is 0 Å². The van der Waals surface area contributed by atoms with Crippen LogP contribution in [0, 0.1) is 5.92 Å². The standard InChI is InChI=1S/C23H28F2N10O3/c1-2-17(36)26-9-14-7-15(8-14)30-18(37)11-27-20-19-21(32-23(31-20)33-3-5-38-6-4-33)34(13-28-19)16-10-29-35(12-16)22(24)25/h2,10,12-15,22H,1,3-9,11H2,(H,26,36)(H,30,37)(H,27,31,32). The lowest BCUT2D eigenvalue weighted by Crippen LogP contribution is -2.48. The van der Waals surface area contributed by atoms with Gasteiger partial charge in [0.05, 0.1) is 37.8 Å². The maximum Gasteiger partial charge on any atom is 0.333 e. The molecule has 15 heteroatoms. The highest BCUT2D eigenvalue weighted by atomic mass is 19.3. The van der Waals surface area contributed by atoms with E-state index in [0.29, 0.717) is 72.1 Å². The molecule has 2 amide bonds. The number of aromatic nitrogens is 6. The van der Waals surface area contributed by atoms with Crippen LogP contribution in [0.1, 0.15) is 19.4 Å². The minimum Gasteiger partial charge on any atom is -0.378 e. The van der Waals surface area contributed by atoms with Crippen molar-refractivity contribution in [2.45, 2.75) is 25.4 Å². The van der Waals surface area contributed by atoms with Gasteiger partial charge in [-0.2, -0.15) is 23.8 Å². The zero-order valence-electron chi connectivity index (χ0n) is 20.5. The number of ether oxygens (including phenoxy) is 1. The van der Waals surface area contributed by atoms with Crippen molar-refractivity contribution in [2.75, 3.05) is 49.6 Å². The van der Waals surface area contributed by atoms with E-state index in [9.17, 15) is 18.4 Å². The number of amides is 2. The van der Waals surface area contributed by atoms with Crippen molar-refractivity contribution in [1.82, 2.24) is 39.9 Å². The summed E-state index contributed by atoms with van der Waals surface area (Å²) in [5.74, 6) is 0.661. The Kier molecular flexibility index (Phi) is 7.44. The summed E-state index contributed by atoms with van der Waals surface area (Å²) in [5, 5.41) is 12.5. The smallest absolute Gasteiger partial charge is 0.333 e. The second kappa shape index (κ2) is 11.1. The number of nitrogens with one attached hydrogen (secondary N) is 3. The zero-order chi connectivity index (χ0) is 26.6. The molecule has 1 aliphatic heterocycles. The molecular weight excluding hydrogens is 502 g/mol. The van der Waals surface area contributed by atoms with E-state index in [1.807, 2.05) is 4.90 Å². The fourth-order valence-corrected chi connectivity index (χ4v) is 4.44. The molecule has 1 saturated heterocycles. The molecule has 5 rings (SSSR count). The molecule has 3 N–H and O–H groups in total. The van der Waals surface area contributed by atoms with Crippen LogP contribution in [-0.2, 0) is 14.3 Å². The summed E-state index contributed by atoms with van der Waals surface area (Å²) in [6, 6.07) is 0.0369. The summed E-state index contributed by atoms with van der Waals surface area (Å²) in [6.07, 6.45) is 6.76. The van der Waals surface area contributed by atoms with Crippen LogP contribution in [0.3, 0.4) is 0 Å². The number of anilines is 2. The summed E-state index contributed by atoms with van der Waals surface area (Å²) in [6.45, 7) is 3.37. The van der Waals surface area contributed by atoms with Gasteiger partial charge in [0.2, 0.25) is 17.8 Å². The first kappa shape index (κ1) is 25.5. The number of morpholine rings is 1. The predicted molar refractivity (Wildman–Crippen MR) is 133 cm³/mol. The molecule has 0 unspecified atom stereocenters. The normalized spacial score (nSPS) is 19.3. The molecule has 1 saturated carbocycles. The molecule has 4 heterocycles. The molecule has 38 heavy (non-hydrogen) atoms. The molecule has 0 aromatic carbocycles. The monoisotopic (exact) mass is 530 g/mol. The van der Waals surface area contributed by atoms with Crippen LogP contribution >= 0.6 is 0 Å². The Labute approximate surface area is 216 Å². The quantitative estimate of drug-likeness (QED) is 0.325. The minimum atomic E-state index is -2.77. The number of rotatable bonds is 10. The number of hydrogen-bond donors (Lipinski definition) is 3. The Balaban J connectivity index is 1.29. The van der Waals surface area contributed by atoms with Gasteiger partial charge in [0.25, 0.3) is 0 Å². The highest BCUT2D eigenvalue weighted by molar-refractivity contribution is 5.88. The fraction of sp³-hybridized carbons (Fsp3) is 0.478. The van der Waals surface area contributed by atoms with E-state index in [1.165, 1.54) is 24.8 Å². The molecular formula is C23H28F2N10O3. The van der Waals surface area contributed by atoms with E-state index in [-0.39, 0.29) is 24.4 Å². The topological polar surface area (TPSA) is 144 Å². The van der Waals surface area contributed by atoms with Crippen LogP contribution in [0.15, 0.2) is 31.4 Å². The number of nitrogens with zero attached hydrogens (tertiary/aromatic N) is 7. The summed E-state index contributed by atoms with van der Waals surface area (Å²) in [5.41, 5.74) is 1.15. The number of carbonyl (C=O) groups excluding carboxylic acids is 2. The van der Waals surface area contributed by atoms with Crippen LogP contribution in [-0.4, -0.2) is 86.5 Å². The lowest BCUT2D eigenvalue weighted by atomic mass is 9.80. The van der Waals surface area contributed by atoms with E-state index < -0.39 is 6.55 Å². The summed E-state index contributed by atoms with van der Waals surface area (Å²) in [7, 11) is 0. The third kappa shape index (κ3) is 5.56. The van der Waals surface area contributed by atoms with Crippen molar-refractivity contribution in [3.8, 4) is 5.69 Å². The molecule has 2 aliphatic rings. The molecule has 13 nitrogen and oxygen atoms in total. The predicted octanol–water partition coefficient (Wildman–Crippen LogP) is 0.853. The van der Waals surface area contributed by atoms with Gasteiger partial charge in [-0.25, -0.2) is 9.67 Å². The van der Waals surface area contributed by atoms with Gasteiger partial charge >= 0.3 is 6.55 Å². The van der Waals surface area contributed by atoms with Crippen molar-refractivity contribution in [1.29, 1.82) is 0 Å². The van der Waals surface area contributed by atoms with Crippen molar-refractivity contribution in [2.24, 2.45) is 5.92 Å². The summed E-state index contributed by atoms with van der Waals surface area (Å²) < 4.78 is 33.7. The maximum atomic E-state index is 13.1. The highest BCUT2D eigenvalue weighted by Gasteiger charge is 2.30. The molecule has 0 spiro atoms. The van der Waals surface area contributed by atoms with E-state index in [4.69, 9.17) is 4.74 Å². The Bertz CT molecular complexity index is 1310. The number of fused-ring (bicyclic) bond motifs is 1. The lowest BCUT2D eigenvalue weighted by molar-refractivity contribution is -0.121. The van der Waals surface area contributed by atoms with Crippen LogP contribution in [0.4, 0.5) is 20.5 Å². The first-order chi connectivity index (χ1) is 18.4. The van der Waals surface area contributed by atoms with E-state index in [1.54, 1.807) is 4.57 Å². The third-order valence-electron chi connectivity index (χ3n) is 6.51. The van der Waals surface area contributed by atoms with E-state index in [0.717, 1.165) is 12.8 Å². The van der Waals surface area contributed by atoms with Gasteiger partial charge in [-0.3, -0.25) is 14.2 Å². The minimum absolute atomic E-state index is 0.0369. The third-order valence-corrected chi connectivity index (χ3v) is 6.51. The molecule has 202 valence electrons. The van der Waals surface area contributed by atoms with Crippen molar-refractivity contribution in [3.05, 3.63) is 31.4 Å². The molecule has 3 aromatic rings. The Morgan fingerprint density at radius 2 is 2.03 bits per heavy atom. The first-order valence-electron chi connectivity index (χ1n) is 12.2. The van der Waals surface area contributed by atoms with Crippen molar-refractivity contribution < 1.29 is 23.1 Å². The number of halogens is 2. The Morgan fingerprint density at radius 3 is 2.74 bits per heavy atom. The average molecular weight is 531 g/mol. The van der Waals surface area contributed by atoms with Gasteiger partial charge in [-0.1, -0.05) is 6.58 Å². The van der Waals surface area contributed by atoms with Gasteiger partial charge in [-0.05, 0) is 24.8 Å². The average Bonchev–Trinajstić information content (AvgIpc) is 3.56. The molecule has 3 aromatic heterocycles. The van der Waals surface area contributed by atoms with Gasteiger partial charge in [0.1, 0.15) is 6.33 Å². The molecule has 0 radical (unpaired) electrons. The SMILES string of the molecule is C=CC(=O)NCC1CC(NC(=O)CNc2nc(N3CCOCC3)nc3c2ncn3-c2cnn(C(F)F)c2)C1. The molecule has 1 aliphatic carbocycles. The van der Waals surface area contributed by atoms with Crippen LogP contribution in [0.2, 0.25) is 0 Å². The fourth-order valence-electron chi connectivity index (χ4n) is 4.44. The number of alkyl halides is 2. The molecule has 2 fully saturated rings. The van der Waals surface area contributed by atoms with Crippen LogP contribution in [0.25, 0.3) is 16.9 Å². The van der Waals surface area contributed by atoms with Gasteiger partial charge < -0.3 is 25.6 Å². The largest absolute Gasteiger partial charge is 0.378 e.